The smallest absolute Gasteiger partial charge is 0.254 e. The van der Waals surface area contributed by atoms with E-state index in [-0.39, 0.29) is 17.8 Å². The van der Waals surface area contributed by atoms with Crippen LogP contribution < -0.4 is 0 Å². The molecule has 1 atom stereocenters. The Bertz CT molecular complexity index is 663. The standard InChI is InChI=1S/C16H14BrFN2O/c17-13-9-11(5-6-14(13)18)16(21)20-8-2-4-15(20)12-3-1-7-19-10-12/h1,3,5-7,9-10,15H,2,4,8H2. The molecule has 3 rings (SSSR count). The molecule has 1 aromatic heterocycles. The van der Waals surface area contributed by atoms with Crippen LogP contribution in [0.5, 0.6) is 0 Å². The van der Waals surface area contributed by atoms with Gasteiger partial charge < -0.3 is 4.90 Å². The quantitative estimate of drug-likeness (QED) is 0.822. The molecule has 0 aliphatic carbocycles. The highest BCUT2D eigenvalue weighted by Gasteiger charge is 2.30. The van der Waals surface area contributed by atoms with Gasteiger partial charge in [-0.05, 0) is 58.6 Å². The first-order valence-electron chi connectivity index (χ1n) is 6.83. The zero-order valence-corrected chi connectivity index (χ0v) is 12.9. The minimum Gasteiger partial charge on any atom is -0.332 e. The van der Waals surface area contributed by atoms with Crippen molar-refractivity contribution in [3.05, 3.63) is 64.1 Å². The molecule has 0 saturated carbocycles. The van der Waals surface area contributed by atoms with Crippen molar-refractivity contribution in [2.75, 3.05) is 6.54 Å². The maximum Gasteiger partial charge on any atom is 0.254 e. The molecule has 0 bridgehead atoms. The second-order valence-corrected chi connectivity index (χ2v) is 5.93. The normalized spacial score (nSPS) is 18.0. The van der Waals surface area contributed by atoms with Gasteiger partial charge >= 0.3 is 0 Å². The van der Waals surface area contributed by atoms with E-state index in [1.807, 2.05) is 17.0 Å². The summed E-state index contributed by atoms with van der Waals surface area (Å²) in [4.78, 5) is 18.6. The molecule has 5 heteroatoms. The largest absolute Gasteiger partial charge is 0.332 e. The topological polar surface area (TPSA) is 33.2 Å². The Kier molecular flexibility index (Phi) is 4.01. The van der Waals surface area contributed by atoms with Crippen molar-refractivity contribution in [3.8, 4) is 0 Å². The summed E-state index contributed by atoms with van der Waals surface area (Å²) in [7, 11) is 0. The Morgan fingerprint density at radius 2 is 2.24 bits per heavy atom. The number of carbonyl (C=O) groups is 1. The van der Waals surface area contributed by atoms with E-state index >= 15 is 0 Å². The van der Waals surface area contributed by atoms with Crippen LogP contribution in [0.1, 0.15) is 34.8 Å². The Morgan fingerprint density at radius 1 is 1.38 bits per heavy atom. The summed E-state index contributed by atoms with van der Waals surface area (Å²) in [6.45, 7) is 0.716. The number of benzene rings is 1. The predicted octanol–water partition coefficient (Wildman–Crippen LogP) is 3.96. The predicted molar refractivity (Wildman–Crippen MR) is 81.3 cm³/mol. The van der Waals surface area contributed by atoms with Crippen LogP contribution in [0.3, 0.4) is 0 Å². The number of nitrogens with zero attached hydrogens (tertiary/aromatic N) is 2. The third-order valence-corrected chi connectivity index (χ3v) is 4.36. The van der Waals surface area contributed by atoms with Gasteiger partial charge in [-0.25, -0.2) is 4.39 Å². The van der Waals surface area contributed by atoms with E-state index in [9.17, 15) is 9.18 Å². The van der Waals surface area contributed by atoms with E-state index in [4.69, 9.17) is 0 Å². The number of hydrogen-bond donors (Lipinski definition) is 0. The van der Waals surface area contributed by atoms with E-state index in [0.29, 0.717) is 16.6 Å². The van der Waals surface area contributed by atoms with Gasteiger partial charge in [0, 0.05) is 24.5 Å². The fourth-order valence-corrected chi connectivity index (χ4v) is 3.10. The van der Waals surface area contributed by atoms with E-state index in [0.717, 1.165) is 18.4 Å². The summed E-state index contributed by atoms with van der Waals surface area (Å²) < 4.78 is 13.6. The number of hydrogen-bond acceptors (Lipinski definition) is 2. The molecular weight excluding hydrogens is 335 g/mol. The summed E-state index contributed by atoms with van der Waals surface area (Å²) in [5.74, 6) is -0.432. The van der Waals surface area contributed by atoms with Crippen molar-refractivity contribution < 1.29 is 9.18 Å². The lowest BCUT2D eigenvalue weighted by Crippen LogP contribution is -2.30. The molecule has 1 saturated heterocycles. The maximum absolute atomic E-state index is 13.3. The minimum atomic E-state index is -0.364. The molecule has 1 fully saturated rings. The molecule has 21 heavy (non-hydrogen) atoms. The highest BCUT2D eigenvalue weighted by atomic mass is 79.9. The number of amides is 1. The van der Waals surface area contributed by atoms with E-state index < -0.39 is 0 Å². The van der Waals surface area contributed by atoms with Crippen LogP contribution in [0, 0.1) is 5.82 Å². The zero-order valence-electron chi connectivity index (χ0n) is 11.3. The van der Waals surface area contributed by atoms with Crippen molar-refractivity contribution in [2.24, 2.45) is 0 Å². The van der Waals surface area contributed by atoms with Crippen molar-refractivity contribution in [3.63, 3.8) is 0 Å². The van der Waals surface area contributed by atoms with Gasteiger partial charge in [0.2, 0.25) is 0 Å². The molecule has 1 amide bonds. The summed E-state index contributed by atoms with van der Waals surface area (Å²) >= 11 is 3.13. The zero-order chi connectivity index (χ0) is 14.8. The summed E-state index contributed by atoms with van der Waals surface area (Å²) in [6, 6.07) is 8.30. The molecule has 1 aliphatic rings. The lowest BCUT2D eigenvalue weighted by Gasteiger charge is -2.25. The van der Waals surface area contributed by atoms with E-state index in [2.05, 4.69) is 20.9 Å². The molecule has 1 aliphatic heterocycles. The molecule has 108 valence electrons. The molecular formula is C16H14BrFN2O. The Hall–Kier alpha value is -1.75. The third-order valence-electron chi connectivity index (χ3n) is 3.75. The van der Waals surface area contributed by atoms with E-state index in [1.165, 1.54) is 18.2 Å². The van der Waals surface area contributed by atoms with Gasteiger partial charge in [0.15, 0.2) is 0 Å². The van der Waals surface area contributed by atoms with Gasteiger partial charge in [-0.15, -0.1) is 0 Å². The van der Waals surface area contributed by atoms with Crippen molar-refractivity contribution >= 4 is 21.8 Å². The highest BCUT2D eigenvalue weighted by Crippen LogP contribution is 2.33. The van der Waals surface area contributed by atoms with Gasteiger partial charge in [0.1, 0.15) is 5.82 Å². The van der Waals surface area contributed by atoms with Crippen molar-refractivity contribution in [1.29, 1.82) is 0 Å². The first-order valence-corrected chi connectivity index (χ1v) is 7.62. The third kappa shape index (κ3) is 2.83. The summed E-state index contributed by atoms with van der Waals surface area (Å²) in [5, 5.41) is 0. The Labute approximate surface area is 130 Å². The fraction of sp³-hybridized carbons (Fsp3) is 0.250. The van der Waals surface area contributed by atoms with Crippen molar-refractivity contribution in [2.45, 2.75) is 18.9 Å². The Morgan fingerprint density at radius 3 is 2.95 bits per heavy atom. The number of pyridine rings is 1. The molecule has 0 N–H and O–H groups in total. The van der Waals surface area contributed by atoms with Gasteiger partial charge in [-0.2, -0.15) is 0 Å². The second kappa shape index (κ2) is 5.93. The van der Waals surface area contributed by atoms with Crippen LogP contribution in [-0.4, -0.2) is 22.3 Å². The molecule has 2 aromatic rings. The minimum absolute atomic E-state index is 0.0510. The number of halogens is 2. The lowest BCUT2D eigenvalue weighted by molar-refractivity contribution is 0.0735. The van der Waals surface area contributed by atoms with E-state index in [1.54, 1.807) is 12.4 Å². The lowest BCUT2D eigenvalue weighted by atomic mass is 10.1. The number of carbonyl (C=O) groups excluding carboxylic acids is 1. The fourth-order valence-electron chi connectivity index (χ4n) is 2.72. The molecule has 2 heterocycles. The molecule has 3 nitrogen and oxygen atoms in total. The first kappa shape index (κ1) is 14.2. The SMILES string of the molecule is O=C(c1ccc(F)c(Br)c1)N1CCCC1c1cccnc1. The van der Waals surface area contributed by atoms with Crippen LogP contribution in [-0.2, 0) is 0 Å². The first-order chi connectivity index (χ1) is 10.2. The molecule has 1 aromatic carbocycles. The van der Waals surface area contributed by atoms with Crippen LogP contribution in [0.15, 0.2) is 47.2 Å². The van der Waals surface area contributed by atoms with Crippen LogP contribution in [0.25, 0.3) is 0 Å². The molecule has 1 unspecified atom stereocenters. The summed E-state index contributed by atoms with van der Waals surface area (Å²) in [6.07, 6.45) is 5.42. The summed E-state index contributed by atoms with van der Waals surface area (Å²) in [5.41, 5.74) is 1.54. The average Bonchev–Trinajstić information content (AvgIpc) is 2.99. The molecule has 0 spiro atoms. The maximum atomic E-state index is 13.3. The van der Waals surface area contributed by atoms with Gasteiger partial charge in [0.25, 0.3) is 5.91 Å². The average molecular weight is 349 g/mol. The van der Waals surface area contributed by atoms with Crippen LogP contribution in [0.4, 0.5) is 4.39 Å². The van der Waals surface area contributed by atoms with Gasteiger partial charge in [-0.1, -0.05) is 6.07 Å². The number of rotatable bonds is 2. The second-order valence-electron chi connectivity index (χ2n) is 5.07. The number of likely N-dealkylation sites (tertiary alicyclic amines) is 1. The van der Waals surface area contributed by atoms with Crippen molar-refractivity contribution in [1.82, 2.24) is 9.88 Å². The molecule has 0 radical (unpaired) electrons. The Balaban J connectivity index is 1.88. The van der Waals surface area contributed by atoms with Crippen LogP contribution in [0.2, 0.25) is 0 Å². The monoisotopic (exact) mass is 348 g/mol. The highest BCUT2D eigenvalue weighted by molar-refractivity contribution is 9.10. The van der Waals surface area contributed by atoms with Crippen LogP contribution >= 0.6 is 15.9 Å². The number of aromatic nitrogens is 1. The van der Waals surface area contributed by atoms with Gasteiger partial charge in [0.05, 0.1) is 10.5 Å². The van der Waals surface area contributed by atoms with Gasteiger partial charge in [-0.3, -0.25) is 9.78 Å².